The van der Waals surface area contributed by atoms with Crippen LogP contribution in [0.2, 0.25) is 66.5 Å². The van der Waals surface area contributed by atoms with Crippen molar-refractivity contribution in [3.8, 4) is 0 Å². The molecule has 0 nitrogen and oxygen atoms in total. The molecule has 8 radical (unpaired) electrons. The van der Waals surface area contributed by atoms with Gasteiger partial charge in [0.25, 0.3) is 0 Å². The Morgan fingerprint density at radius 1 is 0.349 bits per heavy atom. The van der Waals surface area contributed by atoms with Gasteiger partial charge in [-0.15, -0.1) is 0 Å². The molecule has 0 aromatic heterocycles. The Morgan fingerprint density at radius 2 is 0.465 bits per heavy atom. The van der Waals surface area contributed by atoms with Crippen molar-refractivity contribution in [3.63, 3.8) is 0 Å². The van der Waals surface area contributed by atoms with Gasteiger partial charge in [-0.05, 0) is 40.3 Å². The third kappa shape index (κ3) is 16.9. The molecule has 0 aromatic rings. The van der Waals surface area contributed by atoms with Crippen molar-refractivity contribution in [2.24, 2.45) is 0 Å². The van der Waals surface area contributed by atoms with Gasteiger partial charge in [0.1, 0.15) is 0 Å². The molecule has 0 aliphatic carbocycles. The molecule has 43 heavy (non-hydrogen) atoms. The van der Waals surface area contributed by atoms with Gasteiger partial charge in [-0.1, -0.05) is 192 Å². The number of hydrogen-bond acceptors (Lipinski definition) is 0. The Hall–Kier alpha value is 2.17. The Balaban J connectivity index is -0.000000288. The zero-order valence-electron chi connectivity index (χ0n) is 35.5. The fourth-order valence-corrected chi connectivity index (χ4v) is 47.2. The van der Waals surface area contributed by atoms with Crippen molar-refractivity contribution in [3.05, 3.63) is 0 Å². The van der Waals surface area contributed by atoms with Gasteiger partial charge in [-0.25, -0.2) is 0 Å². The second kappa shape index (κ2) is 17.2. The van der Waals surface area contributed by atoms with Gasteiger partial charge in [-0.3, -0.25) is 0 Å². The standard InChI is InChI=1S/C18H42Si3.2C9H21Si.Ge2/c1-15(2,3)20(13,16(4,5)6)19-21(14,17(7,8)9)18(10,11)12;2*1-8(2,3)10(7)9(4,5)6;1-2/h1-14H3;2*1-7H3;. The molecule has 0 saturated heterocycles. The van der Waals surface area contributed by atoms with Crippen LogP contribution in [-0.4, -0.2) is 69.3 Å². The molecule has 0 unspecified atom stereocenters. The summed E-state index contributed by atoms with van der Waals surface area (Å²) in [6, 6.07) is 0. The minimum atomic E-state index is -1.42. The molecule has 0 rings (SSSR count). The Kier molecular flexibility index (Phi) is 20.8. The van der Waals surface area contributed by atoms with E-state index < -0.39 is 15.2 Å². The summed E-state index contributed by atoms with van der Waals surface area (Å²) >= 11 is 4.00. The molecule has 0 amide bonds. The van der Waals surface area contributed by atoms with Crippen LogP contribution in [0.15, 0.2) is 0 Å². The molecular formula is C36H84Ge2Si5. The van der Waals surface area contributed by atoms with Gasteiger partial charge in [0.2, 0.25) is 0 Å². The van der Waals surface area contributed by atoms with Crippen molar-refractivity contribution in [1.82, 2.24) is 0 Å². The van der Waals surface area contributed by atoms with Gasteiger partial charge in [0.15, 0.2) is 0 Å². The number of hydrogen-bond donors (Lipinski definition) is 0. The van der Waals surface area contributed by atoms with Gasteiger partial charge < -0.3 is 0 Å². The van der Waals surface area contributed by atoms with Crippen LogP contribution >= 0.6 is 0 Å². The third-order valence-corrected chi connectivity index (χ3v) is 54.0. The summed E-state index contributed by atoms with van der Waals surface area (Å²) in [6.07, 6.45) is 0. The Morgan fingerprint density at radius 3 is 0.512 bits per heavy atom. The fraction of sp³-hybridized carbons (Fsp3) is 1.00. The number of rotatable bonds is 2. The molecular weight excluding hydrogens is 718 g/mol. The second-order valence-electron chi connectivity index (χ2n) is 21.6. The molecule has 0 aromatic carbocycles. The average molecular weight is 803 g/mol. The molecule has 0 heterocycles. The summed E-state index contributed by atoms with van der Waals surface area (Å²) in [4.78, 5) is 0. The molecule has 256 valence electrons. The van der Waals surface area contributed by atoms with E-state index in [2.05, 4.69) is 192 Å². The van der Waals surface area contributed by atoms with Crippen molar-refractivity contribution in [1.29, 1.82) is 0 Å². The second-order valence-corrected chi connectivity index (χ2v) is 49.9. The van der Waals surface area contributed by atoms with Crippen molar-refractivity contribution in [2.45, 2.75) is 233 Å². The van der Waals surface area contributed by atoms with Gasteiger partial charge in [0.05, 0.1) is 17.6 Å². The van der Waals surface area contributed by atoms with E-state index in [1.54, 1.807) is 0 Å². The molecule has 0 aliphatic heterocycles. The summed E-state index contributed by atoms with van der Waals surface area (Å²) < 4.78 is 0. The molecule has 0 spiro atoms. The Bertz CT molecular complexity index is 659. The quantitative estimate of drug-likeness (QED) is 0.244. The van der Waals surface area contributed by atoms with Gasteiger partial charge in [-0.2, -0.15) is 0 Å². The molecule has 0 saturated carbocycles. The SMILES string of the molecule is CC(C)(C)[Si](C)([Si][Si](C)(C(C)(C)C)C(C)(C)C)C(C)(C)C.C[Si](C(C)(C)C)C(C)(C)C.C[Si](C(C)(C)C)C(C)(C)C.[Ge]=[Ge]. The fourth-order valence-electron chi connectivity index (χ4n) is 5.75. The van der Waals surface area contributed by atoms with E-state index in [9.17, 15) is 0 Å². The molecule has 0 N–H and O–H groups in total. The van der Waals surface area contributed by atoms with Crippen LogP contribution in [0.5, 0.6) is 0 Å². The minimum absolute atomic E-state index is 0.221. The topological polar surface area (TPSA) is 0 Å². The van der Waals surface area contributed by atoms with E-state index >= 15 is 0 Å². The monoisotopic (exact) mass is 804 g/mol. The average Bonchev–Trinajstić information content (AvgIpc) is 2.69. The van der Waals surface area contributed by atoms with Gasteiger partial charge in [0, 0.05) is 23.7 Å². The van der Waals surface area contributed by atoms with E-state index in [4.69, 9.17) is 0 Å². The Labute approximate surface area is 299 Å². The van der Waals surface area contributed by atoms with Crippen LogP contribution in [0.1, 0.15) is 166 Å². The van der Waals surface area contributed by atoms with Gasteiger partial charge >= 0.3 is 28.0 Å². The van der Waals surface area contributed by atoms with E-state index in [0.717, 1.165) is 0 Å². The van der Waals surface area contributed by atoms with Crippen LogP contribution in [0.25, 0.3) is 0 Å². The van der Waals surface area contributed by atoms with Crippen LogP contribution in [0.3, 0.4) is 0 Å². The molecule has 0 fully saturated rings. The van der Waals surface area contributed by atoms with E-state index in [0.29, 0.717) is 40.3 Å². The summed E-state index contributed by atoms with van der Waals surface area (Å²) in [5.74, 6) is 0. The van der Waals surface area contributed by atoms with E-state index in [1.807, 2.05) is 28.0 Å². The first-order valence-corrected chi connectivity index (χ1v) is 35.2. The van der Waals surface area contributed by atoms with Crippen LogP contribution in [0, 0.1) is 0 Å². The van der Waals surface area contributed by atoms with Crippen LogP contribution in [-0.2, 0) is 0 Å². The first kappa shape index (κ1) is 52.0. The summed E-state index contributed by atoms with van der Waals surface area (Å²) in [5, 5.41) is 4.05. The summed E-state index contributed by atoms with van der Waals surface area (Å²) in [5.41, 5.74) is 0. The first-order chi connectivity index (χ1) is 18.0. The van der Waals surface area contributed by atoms with E-state index in [1.165, 1.54) is 8.55 Å². The zero-order chi connectivity index (χ0) is 36.9. The predicted molar refractivity (Wildman–Crippen MR) is 221 cm³/mol. The normalized spacial score (nSPS) is 14.7. The molecule has 0 atom stereocenters. The maximum atomic E-state index is 2.70. The van der Waals surface area contributed by atoms with Crippen molar-refractivity contribution < 1.29 is 0 Å². The first-order valence-electron chi connectivity index (χ1n) is 16.8. The molecule has 0 aliphatic rings. The summed E-state index contributed by atoms with van der Waals surface area (Å²) in [7, 11) is -2.07. The van der Waals surface area contributed by atoms with Crippen molar-refractivity contribution in [2.75, 3.05) is 0 Å². The van der Waals surface area contributed by atoms with Crippen LogP contribution < -0.4 is 0 Å². The third-order valence-electron chi connectivity index (χ3n) is 11.0. The molecule has 0 bridgehead atoms. The maximum absolute atomic E-state index is 2.70. The summed E-state index contributed by atoms with van der Waals surface area (Å²) in [6.45, 7) is 68.7. The zero-order valence-corrected chi connectivity index (χ0v) is 44.7. The van der Waals surface area contributed by atoms with Crippen molar-refractivity contribution >= 4 is 69.3 Å². The predicted octanol–water partition coefficient (Wildman–Crippen LogP) is 13.7. The van der Waals surface area contributed by atoms with E-state index in [-0.39, 0.29) is 17.6 Å². The van der Waals surface area contributed by atoms with Crippen LogP contribution in [0.4, 0.5) is 0 Å². The molecule has 7 heteroatoms.